The van der Waals surface area contributed by atoms with E-state index in [1.54, 1.807) is 6.20 Å². The minimum Gasteiger partial charge on any atom is -0.348 e. The van der Waals surface area contributed by atoms with Gasteiger partial charge < -0.3 is 5.32 Å². The molecule has 1 amide bonds. The number of thioether (sulfide) groups is 1. The number of hydrogen-bond acceptors (Lipinski definition) is 3. The van der Waals surface area contributed by atoms with Crippen LogP contribution in [0.2, 0.25) is 0 Å². The van der Waals surface area contributed by atoms with Gasteiger partial charge in [-0.1, -0.05) is 36.9 Å². The Balaban J connectivity index is 2.40. The standard InChI is InChI=1S/C15H19N3OS/c1-4-11(2)17-14(19)13-10-16-15(20-3)18(13)12-8-6-5-7-9-12/h5-11H,4H2,1-3H3,(H,17,19)/t11-/m1/s1. The Kier molecular flexibility index (Phi) is 4.84. The molecular weight excluding hydrogens is 270 g/mol. The van der Waals surface area contributed by atoms with Crippen LogP contribution in [0.1, 0.15) is 30.8 Å². The average Bonchev–Trinajstić information content (AvgIpc) is 2.91. The summed E-state index contributed by atoms with van der Waals surface area (Å²) < 4.78 is 1.89. The van der Waals surface area contributed by atoms with Gasteiger partial charge in [0, 0.05) is 11.7 Å². The van der Waals surface area contributed by atoms with Crippen molar-refractivity contribution < 1.29 is 4.79 Å². The average molecular weight is 289 g/mol. The first-order valence-electron chi connectivity index (χ1n) is 6.65. The Morgan fingerprint density at radius 2 is 2.10 bits per heavy atom. The molecule has 1 N–H and O–H groups in total. The molecule has 0 radical (unpaired) electrons. The zero-order valence-corrected chi connectivity index (χ0v) is 12.8. The predicted octanol–water partition coefficient (Wildman–Crippen LogP) is 3.12. The lowest BCUT2D eigenvalue weighted by Gasteiger charge is -2.14. The van der Waals surface area contributed by atoms with Crippen LogP contribution in [0.3, 0.4) is 0 Å². The summed E-state index contributed by atoms with van der Waals surface area (Å²) in [6.07, 6.45) is 4.50. The molecule has 1 aromatic carbocycles. The monoisotopic (exact) mass is 289 g/mol. The van der Waals surface area contributed by atoms with Crippen LogP contribution in [0.15, 0.2) is 41.7 Å². The molecule has 106 valence electrons. The SMILES string of the molecule is CC[C@@H](C)NC(=O)c1cnc(SC)n1-c1ccccc1. The molecule has 0 unspecified atom stereocenters. The van der Waals surface area contributed by atoms with Crippen molar-refractivity contribution >= 4 is 17.7 Å². The van der Waals surface area contributed by atoms with Crippen molar-refractivity contribution in [2.75, 3.05) is 6.26 Å². The van der Waals surface area contributed by atoms with E-state index in [0.29, 0.717) is 5.69 Å². The molecular formula is C15H19N3OS. The van der Waals surface area contributed by atoms with Gasteiger partial charge in [-0.05, 0) is 31.7 Å². The molecule has 0 spiro atoms. The molecule has 2 aromatic rings. The molecule has 1 aromatic heterocycles. The largest absolute Gasteiger partial charge is 0.348 e. The number of hydrogen-bond donors (Lipinski definition) is 1. The van der Waals surface area contributed by atoms with E-state index >= 15 is 0 Å². The molecule has 1 atom stereocenters. The minimum absolute atomic E-state index is 0.0870. The molecule has 2 rings (SSSR count). The molecule has 4 nitrogen and oxygen atoms in total. The van der Waals surface area contributed by atoms with Crippen molar-refractivity contribution in [2.45, 2.75) is 31.5 Å². The van der Waals surface area contributed by atoms with Gasteiger partial charge in [-0.15, -0.1) is 0 Å². The Labute approximate surface area is 123 Å². The molecule has 5 heteroatoms. The summed E-state index contributed by atoms with van der Waals surface area (Å²) in [4.78, 5) is 16.7. The van der Waals surface area contributed by atoms with Crippen LogP contribution in [0.5, 0.6) is 0 Å². The highest BCUT2D eigenvalue weighted by Crippen LogP contribution is 2.21. The molecule has 20 heavy (non-hydrogen) atoms. The summed E-state index contributed by atoms with van der Waals surface area (Å²) in [6, 6.07) is 9.96. The maximum Gasteiger partial charge on any atom is 0.270 e. The summed E-state index contributed by atoms with van der Waals surface area (Å²) in [5.74, 6) is -0.0870. The summed E-state index contributed by atoms with van der Waals surface area (Å²) in [5, 5.41) is 3.80. The number of para-hydroxylation sites is 1. The second-order valence-corrected chi connectivity index (χ2v) is 5.36. The molecule has 0 aliphatic rings. The quantitative estimate of drug-likeness (QED) is 0.860. The van der Waals surface area contributed by atoms with Gasteiger partial charge in [0.1, 0.15) is 5.69 Å². The normalized spacial score (nSPS) is 12.2. The number of rotatable bonds is 5. The van der Waals surface area contributed by atoms with Gasteiger partial charge in [0.05, 0.1) is 6.20 Å². The first kappa shape index (κ1) is 14.7. The predicted molar refractivity (Wildman–Crippen MR) is 82.6 cm³/mol. The van der Waals surface area contributed by atoms with Crippen LogP contribution in [0.25, 0.3) is 5.69 Å². The van der Waals surface area contributed by atoms with Gasteiger partial charge in [-0.2, -0.15) is 0 Å². The second-order valence-electron chi connectivity index (χ2n) is 4.58. The summed E-state index contributed by atoms with van der Waals surface area (Å²) in [5.41, 5.74) is 1.52. The zero-order chi connectivity index (χ0) is 14.5. The highest BCUT2D eigenvalue weighted by atomic mass is 32.2. The van der Waals surface area contributed by atoms with E-state index in [1.807, 2.05) is 55.0 Å². The summed E-state index contributed by atoms with van der Waals surface area (Å²) in [7, 11) is 0. The summed E-state index contributed by atoms with van der Waals surface area (Å²) >= 11 is 1.52. The molecule has 0 saturated carbocycles. The smallest absolute Gasteiger partial charge is 0.270 e. The van der Waals surface area contributed by atoms with Gasteiger partial charge in [0.2, 0.25) is 0 Å². The van der Waals surface area contributed by atoms with Gasteiger partial charge in [0.15, 0.2) is 5.16 Å². The van der Waals surface area contributed by atoms with E-state index in [-0.39, 0.29) is 11.9 Å². The molecule has 0 fully saturated rings. The first-order valence-corrected chi connectivity index (χ1v) is 7.87. The Hall–Kier alpha value is -1.75. The van der Waals surface area contributed by atoms with E-state index in [9.17, 15) is 4.79 Å². The van der Waals surface area contributed by atoms with Gasteiger partial charge >= 0.3 is 0 Å². The number of amides is 1. The van der Waals surface area contributed by atoms with Crippen molar-refractivity contribution in [3.8, 4) is 5.69 Å². The van der Waals surface area contributed by atoms with Crippen molar-refractivity contribution in [1.29, 1.82) is 0 Å². The number of aromatic nitrogens is 2. The number of benzene rings is 1. The van der Waals surface area contributed by atoms with Gasteiger partial charge in [-0.25, -0.2) is 4.98 Å². The van der Waals surface area contributed by atoms with Gasteiger partial charge in [0.25, 0.3) is 5.91 Å². The molecule has 0 bridgehead atoms. The Morgan fingerprint density at radius 1 is 1.40 bits per heavy atom. The Morgan fingerprint density at radius 3 is 2.70 bits per heavy atom. The van der Waals surface area contributed by atoms with E-state index in [0.717, 1.165) is 17.3 Å². The molecule has 0 aliphatic carbocycles. The number of carbonyl (C=O) groups is 1. The maximum absolute atomic E-state index is 12.4. The van der Waals surface area contributed by atoms with E-state index in [2.05, 4.69) is 10.3 Å². The van der Waals surface area contributed by atoms with E-state index < -0.39 is 0 Å². The number of nitrogens with zero attached hydrogens (tertiary/aromatic N) is 2. The fraction of sp³-hybridized carbons (Fsp3) is 0.333. The zero-order valence-electron chi connectivity index (χ0n) is 12.0. The van der Waals surface area contributed by atoms with Crippen LogP contribution in [0, 0.1) is 0 Å². The second kappa shape index (κ2) is 6.61. The lowest BCUT2D eigenvalue weighted by atomic mass is 10.2. The fourth-order valence-corrected chi connectivity index (χ4v) is 2.41. The minimum atomic E-state index is -0.0870. The first-order chi connectivity index (χ1) is 9.67. The lowest BCUT2D eigenvalue weighted by Crippen LogP contribution is -2.33. The van der Waals surface area contributed by atoms with Crippen LogP contribution >= 0.6 is 11.8 Å². The third-order valence-electron chi connectivity index (χ3n) is 3.15. The third-order valence-corrected chi connectivity index (χ3v) is 3.80. The van der Waals surface area contributed by atoms with Crippen molar-refractivity contribution in [1.82, 2.24) is 14.9 Å². The fourth-order valence-electron chi connectivity index (χ4n) is 1.87. The molecule has 0 saturated heterocycles. The molecule has 1 heterocycles. The topological polar surface area (TPSA) is 46.9 Å². The number of carbonyl (C=O) groups excluding carboxylic acids is 1. The van der Waals surface area contributed by atoms with Crippen molar-refractivity contribution in [2.24, 2.45) is 0 Å². The van der Waals surface area contributed by atoms with Crippen molar-refractivity contribution in [3.05, 3.63) is 42.2 Å². The van der Waals surface area contributed by atoms with Crippen LogP contribution in [-0.2, 0) is 0 Å². The van der Waals surface area contributed by atoms with E-state index in [1.165, 1.54) is 11.8 Å². The van der Waals surface area contributed by atoms with Crippen LogP contribution < -0.4 is 5.32 Å². The van der Waals surface area contributed by atoms with Crippen molar-refractivity contribution in [3.63, 3.8) is 0 Å². The van der Waals surface area contributed by atoms with E-state index in [4.69, 9.17) is 0 Å². The van der Waals surface area contributed by atoms with Crippen LogP contribution in [-0.4, -0.2) is 27.8 Å². The maximum atomic E-state index is 12.4. The Bertz CT molecular complexity index is 580. The summed E-state index contributed by atoms with van der Waals surface area (Å²) in [6.45, 7) is 4.05. The third kappa shape index (κ3) is 3.04. The van der Waals surface area contributed by atoms with Gasteiger partial charge in [-0.3, -0.25) is 9.36 Å². The highest BCUT2D eigenvalue weighted by Gasteiger charge is 2.18. The number of nitrogens with one attached hydrogen (secondary N) is 1. The molecule has 0 aliphatic heterocycles. The number of imidazole rings is 1. The van der Waals surface area contributed by atoms with Crippen LogP contribution in [0.4, 0.5) is 0 Å². The lowest BCUT2D eigenvalue weighted by molar-refractivity contribution is 0.0932. The highest BCUT2D eigenvalue weighted by molar-refractivity contribution is 7.98.